The van der Waals surface area contributed by atoms with E-state index < -0.39 is 0 Å². The minimum absolute atomic E-state index is 0.0343. The van der Waals surface area contributed by atoms with Crippen molar-refractivity contribution in [1.82, 2.24) is 0 Å². The molecule has 0 aliphatic heterocycles. The summed E-state index contributed by atoms with van der Waals surface area (Å²) in [6.45, 7) is 9.28. The van der Waals surface area contributed by atoms with Gasteiger partial charge in [0, 0.05) is 5.41 Å². The smallest absolute Gasteiger partial charge is 0.0165 e. The van der Waals surface area contributed by atoms with E-state index in [-0.39, 0.29) is 5.41 Å². The van der Waals surface area contributed by atoms with Crippen LogP contribution in [-0.2, 0) is 5.41 Å². The first kappa shape index (κ1) is 15.2. The molecule has 0 heteroatoms. The molecule has 0 N–H and O–H groups in total. The van der Waals surface area contributed by atoms with Gasteiger partial charge < -0.3 is 0 Å². The second-order valence-corrected chi connectivity index (χ2v) is 7.68. The maximum Gasteiger partial charge on any atom is 0.0165 e. The summed E-state index contributed by atoms with van der Waals surface area (Å²) in [6, 6.07) is 24.6. The van der Waals surface area contributed by atoms with Crippen LogP contribution >= 0.6 is 0 Å². The van der Waals surface area contributed by atoms with Gasteiger partial charge in [-0.1, -0.05) is 94.4 Å². The summed E-state index contributed by atoms with van der Waals surface area (Å²) in [5.74, 6) is 0.522. The Balaban J connectivity index is 2.10. The molecule has 0 saturated heterocycles. The quantitative estimate of drug-likeness (QED) is 0.489. The summed E-state index contributed by atoms with van der Waals surface area (Å²) in [7, 11) is 0. The maximum atomic E-state index is 2.42. The minimum atomic E-state index is 0.0343. The summed E-state index contributed by atoms with van der Waals surface area (Å²) in [5, 5.41) is 0. The molecule has 3 aromatic rings. The predicted octanol–water partition coefficient (Wildman–Crippen LogP) is 6.78. The zero-order valence-electron chi connectivity index (χ0n) is 14.9. The molecule has 0 fully saturated rings. The molecule has 0 heterocycles. The first-order valence-electron chi connectivity index (χ1n) is 8.84. The van der Waals surface area contributed by atoms with Crippen molar-refractivity contribution in [3.05, 3.63) is 83.4 Å². The molecule has 0 spiro atoms. The molecule has 3 aromatic carbocycles. The third kappa shape index (κ3) is 2.13. The highest BCUT2D eigenvalue weighted by atomic mass is 14.4. The van der Waals surface area contributed by atoms with Crippen molar-refractivity contribution in [2.45, 2.75) is 39.0 Å². The van der Waals surface area contributed by atoms with Crippen molar-refractivity contribution >= 4 is 0 Å². The summed E-state index contributed by atoms with van der Waals surface area (Å²) in [6.07, 6.45) is 0. The summed E-state index contributed by atoms with van der Waals surface area (Å²) in [5.41, 5.74) is 9.89. The van der Waals surface area contributed by atoms with E-state index in [0.29, 0.717) is 5.92 Å². The first-order chi connectivity index (χ1) is 11.5. The van der Waals surface area contributed by atoms with E-state index in [4.69, 9.17) is 0 Å². The SMILES string of the molecule is CC(C)c1cc(-c2ccccc2)c2c(c1)-c1ccccc1C2(C)C. The van der Waals surface area contributed by atoms with Crippen molar-refractivity contribution in [3.63, 3.8) is 0 Å². The van der Waals surface area contributed by atoms with Gasteiger partial charge in [0.15, 0.2) is 0 Å². The molecule has 0 aromatic heterocycles. The molecule has 4 rings (SSSR count). The van der Waals surface area contributed by atoms with Crippen molar-refractivity contribution < 1.29 is 0 Å². The summed E-state index contributed by atoms with van der Waals surface area (Å²) in [4.78, 5) is 0. The van der Waals surface area contributed by atoms with Crippen LogP contribution in [0.1, 0.15) is 50.3 Å². The lowest BCUT2D eigenvalue weighted by Gasteiger charge is -2.25. The summed E-state index contributed by atoms with van der Waals surface area (Å²) < 4.78 is 0. The lowest BCUT2D eigenvalue weighted by atomic mass is 9.78. The van der Waals surface area contributed by atoms with E-state index >= 15 is 0 Å². The number of rotatable bonds is 2. The van der Waals surface area contributed by atoms with Crippen LogP contribution < -0.4 is 0 Å². The lowest BCUT2D eigenvalue weighted by molar-refractivity contribution is 0.661. The molecular formula is C24H24. The van der Waals surface area contributed by atoms with Crippen LogP contribution in [0.2, 0.25) is 0 Å². The first-order valence-corrected chi connectivity index (χ1v) is 8.84. The standard InChI is InChI=1S/C24H24/c1-16(2)18-14-20(17-10-6-5-7-11-17)23-21(15-18)19-12-8-9-13-22(19)24(23,3)4/h5-16H,1-4H3. The molecule has 0 unspecified atom stereocenters. The van der Waals surface area contributed by atoms with Gasteiger partial charge in [-0.05, 0) is 44.9 Å². The van der Waals surface area contributed by atoms with Gasteiger partial charge in [0.05, 0.1) is 0 Å². The van der Waals surface area contributed by atoms with Crippen molar-refractivity contribution in [2.24, 2.45) is 0 Å². The monoisotopic (exact) mass is 312 g/mol. The zero-order valence-corrected chi connectivity index (χ0v) is 14.9. The van der Waals surface area contributed by atoms with Gasteiger partial charge in [0.25, 0.3) is 0 Å². The van der Waals surface area contributed by atoms with E-state index in [2.05, 4.69) is 94.4 Å². The minimum Gasteiger partial charge on any atom is -0.0622 e. The molecular weight excluding hydrogens is 288 g/mol. The van der Waals surface area contributed by atoms with Crippen LogP contribution in [0, 0.1) is 0 Å². The average molecular weight is 312 g/mol. The Morgan fingerprint density at radius 3 is 2.04 bits per heavy atom. The largest absolute Gasteiger partial charge is 0.0622 e. The van der Waals surface area contributed by atoms with Gasteiger partial charge in [-0.15, -0.1) is 0 Å². The van der Waals surface area contributed by atoms with Gasteiger partial charge in [0.1, 0.15) is 0 Å². The fourth-order valence-corrected chi connectivity index (χ4v) is 4.13. The van der Waals surface area contributed by atoms with Crippen LogP contribution in [0.15, 0.2) is 66.7 Å². The van der Waals surface area contributed by atoms with E-state index in [9.17, 15) is 0 Å². The zero-order chi connectivity index (χ0) is 16.9. The Morgan fingerprint density at radius 2 is 1.33 bits per heavy atom. The third-order valence-electron chi connectivity index (χ3n) is 5.43. The third-order valence-corrected chi connectivity index (χ3v) is 5.43. The van der Waals surface area contributed by atoms with Gasteiger partial charge in [-0.3, -0.25) is 0 Å². The van der Waals surface area contributed by atoms with Crippen LogP contribution in [0.3, 0.4) is 0 Å². The molecule has 120 valence electrons. The highest BCUT2D eigenvalue weighted by Crippen LogP contribution is 2.52. The Morgan fingerprint density at radius 1 is 0.708 bits per heavy atom. The maximum absolute atomic E-state index is 2.42. The van der Waals surface area contributed by atoms with E-state index in [0.717, 1.165) is 0 Å². The van der Waals surface area contributed by atoms with E-state index in [1.54, 1.807) is 0 Å². The molecule has 1 aliphatic rings. The van der Waals surface area contributed by atoms with E-state index in [1.807, 2.05) is 0 Å². The Kier molecular flexibility index (Phi) is 3.38. The molecule has 0 nitrogen and oxygen atoms in total. The molecule has 0 atom stereocenters. The number of benzene rings is 3. The van der Waals surface area contributed by atoms with Crippen LogP contribution in [0.25, 0.3) is 22.3 Å². The van der Waals surface area contributed by atoms with Gasteiger partial charge >= 0.3 is 0 Å². The average Bonchev–Trinajstić information content (AvgIpc) is 2.83. The molecule has 0 amide bonds. The fourth-order valence-electron chi connectivity index (χ4n) is 4.13. The van der Waals surface area contributed by atoms with Crippen molar-refractivity contribution in [2.75, 3.05) is 0 Å². The van der Waals surface area contributed by atoms with Gasteiger partial charge in [-0.25, -0.2) is 0 Å². The normalized spacial score (nSPS) is 14.5. The second kappa shape index (κ2) is 5.34. The lowest BCUT2D eigenvalue weighted by Crippen LogP contribution is -2.16. The summed E-state index contributed by atoms with van der Waals surface area (Å²) >= 11 is 0. The topological polar surface area (TPSA) is 0 Å². The van der Waals surface area contributed by atoms with Crippen LogP contribution in [0.4, 0.5) is 0 Å². The number of hydrogen-bond donors (Lipinski definition) is 0. The van der Waals surface area contributed by atoms with Gasteiger partial charge in [-0.2, -0.15) is 0 Å². The Hall–Kier alpha value is -2.34. The Bertz CT molecular complexity index is 899. The number of fused-ring (bicyclic) bond motifs is 3. The molecule has 0 radical (unpaired) electrons. The van der Waals surface area contributed by atoms with Gasteiger partial charge in [0.2, 0.25) is 0 Å². The van der Waals surface area contributed by atoms with Crippen molar-refractivity contribution in [3.8, 4) is 22.3 Å². The van der Waals surface area contributed by atoms with Crippen LogP contribution in [-0.4, -0.2) is 0 Å². The molecule has 1 aliphatic carbocycles. The number of hydrogen-bond acceptors (Lipinski definition) is 0. The molecule has 24 heavy (non-hydrogen) atoms. The highest BCUT2D eigenvalue weighted by Gasteiger charge is 2.37. The predicted molar refractivity (Wildman–Crippen MR) is 104 cm³/mol. The second-order valence-electron chi connectivity index (χ2n) is 7.68. The molecule has 0 saturated carbocycles. The Labute approximate surface area is 145 Å². The highest BCUT2D eigenvalue weighted by molar-refractivity contribution is 5.88. The van der Waals surface area contributed by atoms with E-state index in [1.165, 1.54) is 38.9 Å². The molecule has 0 bridgehead atoms. The van der Waals surface area contributed by atoms with Crippen LogP contribution in [0.5, 0.6) is 0 Å². The fraction of sp³-hybridized carbons (Fsp3) is 0.250. The van der Waals surface area contributed by atoms with Crippen molar-refractivity contribution in [1.29, 1.82) is 0 Å².